The molecule has 0 amide bonds. The largest absolute Gasteiger partial charge is 0.425 e. The van der Waals surface area contributed by atoms with Crippen molar-refractivity contribution in [3.05, 3.63) is 64.2 Å². The van der Waals surface area contributed by atoms with E-state index in [1.807, 2.05) is 12.1 Å². The zero-order valence-electron chi connectivity index (χ0n) is 17.1. The maximum Gasteiger partial charge on any atom is 0.323 e. The lowest BCUT2D eigenvalue weighted by Crippen LogP contribution is -2.17. The monoisotopic (exact) mass is 350 g/mol. The van der Waals surface area contributed by atoms with Crippen LogP contribution >= 0.6 is 0 Å². The van der Waals surface area contributed by atoms with Crippen molar-refractivity contribution in [3.8, 4) is 5.75 Å². The number of aryl methyl sites for hydroxylation is 1. The van der Waals surface area contributed by atoms with Crippen LogP contribution in [0.15, 0.2) is 36.4 Å². The summed E-state index contributed by atoms with van der Waals surface area (Å²) in [7, 11) is 0. The van der Waals surface area contributed by atoms with Crippen LogP contribution in [0.2, 0.25) is 0 Å². The summed E-state index contributed by atoms with van der Waals surface area (Å²) in [5.41, 5.74) is 5.59. The molecule has 0 radical (unpaired) electrons. The first-order valence-electron chi connectivity index (χ1n) is 9.52. The van der Waals surface area contributed by atoms with Crippen molar-refractivity contribution in [2.75, 3.05) is 0 Å². The van der Waals surface area contributed by atoms with Crippen molar-refractivity contribution < 1.29 is 9.53 Å². The molecule has 2 aromatic rings. The van der Waals surface area contributed by atoms with Crippen LogP contribution < -0.4 is 4.74 Å². The van der Waals surface area contributed by atoms with Crippen molar-refractivity contribution in [3.63, 3.8) is 0 Å². The smallest absolute Gasteiger partial charge is 0.323 e. The maximum atomic E-state index is 12.9. The zero-order valence-corrected chi connectivity index (χ0v) is 17.1. The normalized spacial score (nSPS) is 17.2. The molecule has 1 atom stereocenters. The van der Waals surface area contributed by atoms with Gasteiger partial charge in [-0.1, -0.05) is 84.9 Å². The van der Waals surface area contributed by atoms with E-state index in [4.69, 9.17) is 4.74 Å². The number of ether oxygens (including phenoxy) is 1. The molecular formula is C24H30O2. The lowest BCUT2D eigenvalue weighted by molar-refractivity contribution is -0.133. The van der Waals surface area contributed by atoms with Gasteiger partial charge >= 0.3 is 5.97 Å². The van der Waals surface area contributed by atoms with Crippen molar-refractivity contribution in [1.29, 1.82) is 0 Å². The van der Waals surface area contributed by atoms with Gasteiger partial charge in [0.25, 0.3) is 0 Å². The molecule has 2 aromatic carbocycles. The summed E-state index contributed by atoms with van der Waals surface area (Å²) < 4.78 is 5.86. The number of fused-ring (bicyclic) bond motifs is 1. The molecule has 1 aliphatic rings. The lowest BCUT2D eigenvalue weighted by Gasteiger charge is -2.27. The van der Waals surface area contributed by atoms with E-state index in [9.17, 15) is 4.79 Å². The standard InChI is InChI=1S/C24H30O2/c1-8-15-11-9-10-12-17(15)20-18-13-16(23(2,3)4)14-19(24(5,6)7)21(18)26-22(20)25/h9-14,20H,8H2,1-7H3. The van der Waals surface area contributed by atoms with Gasteiger partial charge in [-0.3, -0.25) is 4.79 Å². The molecule has 1 heterocycles. The van der Waals surface area contributed by atoms with E-state index in [1.54, 1.807) is 0 Å². The third kappa shape index (κ3) is 3.18. The number of hydrogen-bond acceptors (Lipinski definition) is 2. The van der Waals surface area contributed by atoms with Crippen LogP contribution in [0, 0.1) is 0 Å². The Morgan fingerprint density at radius 3 is 2.15 bits per heavy atom. The fourth-order valence-corrected chi connectivity index (χ4v) is 3.69. The van der Waals surface area contributed by atoms with E-state index in [-0.39, 0.29) is 22.7 Å². The van der Waals surface area contributed by atoms with Gasteiger partial charge in [-0.15, -0.1) is 0 Å². The number of benzene rings is 2. The Kier molecular flexibility index (Phi) is 4.50. The second kappa shape index (κ2) is 6.26. The SMILES string of the molecule is CCc1ccccc1C1C(=O)Oc2c1cc(C(C)(C)C)cc2C(C)(C)C. The lowest BCUT2D eigenvalue weighted by atomic mass is 9.77. The summed E-state index contributed by atoms with van der Waals surface area (Å²) >= 11 is 0. The molecule has 2 nitrogen and oxygen atoms in total. The summed E-state index contributed by atoms with van der Waals surface area (Å²) in [5.74, 6) is 0.286. The molecule has 0 bridgehead atoms. The molecule has 0 saturated heterocycles. The zero-order chi connectivity index (χ0) is 19.3. The molecule has 2 heteroatoms. The Labute approximate surface area is 157 Å². The molecule has 1 aliphatic heterocycles. The Morgan fingerprint density at radius 1 is 0.923 bits per heavy atom. The molecule has 138 valence electrons. The minimum atomic E-state index is -0.329. The van der Waals surface area contributed by atoms with Crippen LogP contribution in [0.4, 0.5) is 0 Å². The summed E-state index contributed by atoms with van der Waals surface area (Å²) in [6, 6.07) is 12.6. The first-order valence-corrected chi connectivity index (χ1v) is 9.52. The van der Waals surface area contributed by atoms with Crippen LogP contribution in [-0.2, 0) is 22.0 Å². The van der Waals surface area contributed by atoms with Crippen LogP contribution in [0.25, 0.3) is 0 Å². The predicted octanol–water partition coefficient (Wildman–Crippen LogP) is 5.89. The van der Waals surface area contributed by atoms with Gasteiger partial charge in [0.2, 0.25) is 0 Å². The molecule has 0 saturated carbocycles. The summed E-state index contributed by atoms with van der Waals surface area (Å²) in [4.78, 5) is 12.9. The van der Waals surface area contributed by atoms with Crippen LogP contribution in [0.5, 0.6) is 5.75 Å². The van der Waals surface area contributed by atoms with Crippen molar-refractivity contribution in [2.45, 2.75) is 71.6 Å². The van der Waals surface area contributed by atoms with Crippen LogP contribution in [-0.4, -0.2) is 5.97 Å². The fourth-order valence-electron chi connectivity index (χ4n) is 3.69. The van der Waals surface area contributed by atoms with Gasteiger partial charge in [0.1, 0.15) is 11.7 Å². The molecular weight excluding hydrogens is 320 g/mol. The average molecular weight is 351 g/mol. The number of hydrogen-bond donors (Lipinski definition) is 0. The predicted molar refractivity (Wildman–Crippen MR) is 107 cm³/mol. The molecule has 3 rings (SSSR count). The average Bonchev–Trinajstić information content (AvgIpc) is 2.87. The summed E-state index contributed by atoms with van der Waals surface area (Å²) in [6.45, 7) is 15.3. The molecule has 0 N–H and O–H groups in total. The Hall–Kier alpha value is -2.09. The molecule has 0 spiro atoms. The number of carbonyl (C=O) groups is 1. The minimum Gasteiger partial charge on any atom is -0.425 e. The van der Waals surface area contributed by atoms with Crippen LogP contribution in [0.3, 0.4) is 0 Å². The number of carbonyl (C=O) groups excluding carboxylic acids is 1. The first-order chi connectivity index (χ1) is 12.0. The molecule has 1 unspecified atom stereocenters. The van der Waals surface area contributed by atoms with Gasteiger partial charge in [-0.05, 0) is 33.9 Å². The highest BCUT2D eigenvalue weighted by Crippen LogP contribution is 2.47. The fraction of sp³-hybridized carbons (Fsp3) is 0.458. The molecule has 26 heavy (non-hydrogen) atoms. The highest BCUT2D eigenvalue weighted by atomic mass is 16.5. The van der Waals surface area contributed by atoms with Crippen molar-refractivity contribution >= 4 is 5.97 Å². The molecule has 0 aliphatic carbocycles. The summed E-state index contributed by atoms with van der Waals surface area (Å²) in [6.07, 6.45) is 0.903. The third-order valence-corrected chi connectivity index (χ3v) is 5.29. The van der Waals surface area contributed by atoms with E-state index in [2.05, 4.69) is 72.7 Å². The molecule has 0 fully saturated rings. The molecule has 0 aromatic heterocycles. The minimum absolute atomic E-state index is 0.00942. The third-order valence-electron chi connectivity index (χ3n) is 5.29. The Balaban J connectivity index is 2.29. The Morgan fingerprint density at radius 2 is 1.58 bits per heavy atom. The van der Waals surface area contributed by atoms with E-state index < -0.39 is 0 Å². The Bertz CT molecular complexity index is 847. The highest BCUT2D eigenvalue weighted by molar-refractivity contribution is 5.91. The number of rotatable bonds is 2. The van der Waals surface area contributed by atoms with Crippen LogP contribution in [0.1, 0.15) is 82.2 Å². The van der Waals surface area contributed by atoms with E-state index in [1.165, 1.54) is 11.1 Å². The van der Waals surface area contributed by atoms with Gasteiger partial charge < -0.3 is 4.74 Å². The van der Waals surface area contributed by atoms with Gasteiger partial charge in [0, 0.05) is 11.1 Å². The topological polar surface area (TPSA) is 26.3 Å². The van der Waals surface area contributed by atoms with Crippen molar-refractivity contribution in [2.24, 2.45) is 0 Å². The highest BCUT2D eigenvalue weighted by Gasteiger charge is 2.40. The van der Waals surface area contributed by atoms with Gasteiger partial charge in [0.15, 0.2) is 0 Å². The van der Waals surface area contributed by atoms with Gasteiger partial charge in [-0.25, -0.2) is 0 Å². The van der Waals surface area contributed by atoms with Crippen molar-refractivity contribution in [1.82, 2.24) is 0 Å². The first kappa shape index (κ1) is 18.7. The summed E-state index contributed by atoms with van der Waals surface area (Å²) in [5, 5.41) is 0. The van der Waals surface area contributed by atoms with Gasteiger partial charge in [0.05, 0.1) is 0 Å². The number of esters is 1. The second-order valence-corrected chi connectivity index (χ2v) is 9.35. The van der Waals surface area contributed by atoms with E-state index in [0.717, 1.165) is 28.9 Å². The van der Waals surface area contributed by atoms with E-state index >= 15 is 0 Å². The van der Waals surface area contributed by atoms with Gasteiger partial charge in [-0.2, -0.15) is 0 Å². The maximum absolute atomic E-state index is 12.9. The quantitative estimate of drug-likeness (QED) is 0.498. The second-order valence-electron chi connectivity index (χ2n) is 9.35. The van der Waals surface area contributed by atoms with E-state index in [0.29, 0.717) is 0 Å².